The molecule has 0 bridgehead atoms. The molecule has 0 radical (unpaired) electrons. The molecule has 0 aliphatic rings. The second-order valence-electron chi connectivity index (χ2n) is 2.44. The van der Waals surface area contributed by atoms with Crippen LogP contribution in [0, 0.1) is 5.82 Å². The zero-order valence-corrected chi connectivity index (χ0v) is 8.54. The molecule has 0 spiro atoms. The highest BCUT2D eigenvalue weighted by atomic mass is 79.9. The smallest absolute Gasteiger partial charge is 0.417 e. The second kappa shape index (κ2) is 3.76. The molecule has 1 rings (SSSR count). The van der Waals surface area contributed by atoms with E-state index in [4.69, 9.17) is 0 Å². The molecule has 0 atom stereocenters. The molecule has 1 aromatic rings. The Bertz CT molecular complexity index is 348. The average Bonchev–Trinajstić information content (AvgIpc) is 2.07. The highest BCUT2D eigenvalue weighted by Gasteiger charge is 2.34. The molecule has 0 unspecified atom stereocenters. The van der Waals surface area contributed by atoms with Crippen LogP contribution in [0.1, 0.15) is 5.56 Å². The lowest BCUT2D eigenvalue weighted by Gasteiger charge is -2.11. The molecule has 6 heteroatoms. The fourth-order valence-corrected chi connectivity index (χ4v) is 1.46. The minimum absolute atomic E-state index is 0.232. The SMILES string of the molecule is COc1ccc(C(F)(F)F)c(Br)c1F. The van der Waals surface area contributed by atoms with Crippen molar-refractivity contribution in [2.24, 2.45) is 0 Å². The van der Waals surface area contributed by atoms with Crippen LogP contribution in [-0.2, 0) is 6.18 Å². The first-order chi connectivity index (χ1) is 6.38. The molecule has 0 aliphatic heterocycles. The van der Waals surface area contributed by atoms with Crippen molar-refractivity contribution < 1.29 is 22.3 Å². The molecule has 0 amide bonds. The van der Waals surface area contributed by atoms with Crippen LogP contribution in [0.3, 0.4) is 0 Å². The van der Waals surface area contributed by atoms with E-state index in [1.54, 1.807) is 0 Å². The molecule has 0 aromatic heterocycles. The maximum atomic E-state index is 13.1. The second-order valence-corrected chi connectivity index (χ2v) is 3.23. The summed E-state index contributed by atoms with van der Waals surface area (Å²) >= 11 is 2.53. The van der Waals surface area contributed by atoms with Crippen LogP contribution < -0.4 is 4.74 Å². The number of methoxy groups -OCH3 is 1. The van der Waals surface area contributed by atoms with Gasteiger partial charge in [-0.1, -0.05) is 0 Å². The topological polar surface area (TPSA) is 9.23 Å². The average molecular weight is 273 g/mol. The van der Waals surface area contributed by atoms with Crippen LogP contribution >= 0.6 is 15.9 Å². The van der Waals surface area contributed by atoms with E-state index >= 15 is 0 Å². The summed E-state index contributed by atoms with van der Waals surface area (Å²) in [5.74, 6) is -1.28. The van der Waals surface area contributed by atoms with Crippen LogP contribution in [0.15, 0.2) is 16.6 Å². The van der Waals surface area contributed by atoms with Crippen molar-refractivity contribution >= 4 is 15.9 Å². The first-order valence-corrected chi connectivity index (χ1v) is 4.26. The lowest BCUT2D eigenvalue weighted by molar-refractivity contribution is -0.138. The first kappa shape index (κ1) is 11.3. The van der Waals surface area contributed by atoms with Gasteiger partial charge < -0.3 is 4.74 Å². The number of hydrogen-bond acceptors (Lipinski definition) is 1. The van der Waals surface area contributed by atoms with Gasteiger partial charge in [0, 0.05) is 0 Å². The molecule has 0 N–H and O–H groups in total. The van der Waals surface area contributed by atoms with E-state index in [-0.39, 0.29) is 5.75 Å². The molecular formula is C8H5BrF4O. The zero-order valence-electron chi connectivity index (χ0n) is 6.95. The van der Waals surface area contributed by atoms with Gasteiger partial charge in [-0.15, -0.1) is 0 Å². The van der Waals surface area contributed by atoms with E-state index in [0.29, 0.717) is 0 Å². The van der Waals surface area contributed by atoms with E-state index < -0.39 is 22.0 Å². The maximum absolute atomic E-state index is 13.1. The van der Waals surface area contributed by atoms with Crippen LogP contribution in [-0.4, -0.2) is 7.11 Å². The Morgan fingerprint density at radius 2 is 1.86 bits per heavy atom. The number of ether oxygens (including phenoxy) is 1. The summed E-state index contributed by atoms with van der Waals surface area (Å²) < 4.78 is 53.7. The summed E-state index contributed by atoms with van der Waals surface area (Å²) in [6.45, 7) is 0. The lowest BCUT2D eigenvalue weighted by atomic mass is 10.2. The van der Waals surface area contributed by atoms with Gasteiger partial charge >= 0.3 is 6.18 Å². The van der Waals surface area contributed by atoms with Crippen LogP contribution in [0.25, 0.3) is 0 Å². The summed E-state index contributed by atoms with van der Waals surface area (Å²) in [5, 5.41) is 0. The summed E-state index contributed by atoms with van der Waals surface area (Å²) in [6, 6.07) is 1.69. The third-order valence-electron chi connectivity index (χ3n) is 1.57. The molecule has 0 aliphatic carbocycles. The Labute approximate surface area is 85.8 Å². The van der Waals surface area contributed by atoms with Gasteiger partial charge in [-0.2, -0.15) is 13.2 Å². The number of rotatable bonds is 1. The Morgan fingerprint density at radius 1 is 1.29 bits per heavy atom. The zero-order chi connectivity index (χ0) is 10.9. The molecule has 0 heterocycles. The van der Waals surface area contributed by atoms with Crippen LogP contribution in [0.2, 0.25) is 0 Å². The molecule has 0 saturated carbocycles. The highest BCUT2D eigenvalue weighted by Crippen LogP contribution is 2.38. The van der Waals surface area contributed by atoms with Gasteiger partial charge in [0.15, 0.2) is 11.6 Å². The van der Waals surface area contributed by atoms with Gasteiger partial charge in [0.1, 0.15) is 0 Å². The minimum Gasteiger partial charge on any atom is -0.494 e. The molecule has 14 heavy (non-hydrogen) atoms. The van der Waals surface area contributed by atoms with Crippen molar-refractivity contribution in [3.05, 3.63) is 28.0 Å². The first-order valence-electron chi connectivity index (χ1n) is 3.47. The van der Waals surface area contributed by atoms with E-state index in [9.17, 15) is 17.6 Å². The van der Waals surface area contributed by atoms with Crippen molar-refractivity contribution in [3.8, 4) is 5.75 Å². The normalized spacial score (nSPS) is 11.6. The van der Waals surface area contributed by atoms with Crippen molar-refractivity contribution in [3.63, 3.8) is 0 Å². The molecule has 1 nitrogen and oxygen atoms in total. The van der Waals surface area contributed by atoms with Crippen molar-refractivity contribution in [1.82, 2.24) is 0 Å². The van der Waals surface area contributed by atoms with Gasteiger partial charge in [-0.25, -0.2) is 4.39 Å². The van der Waals surface area contributed by atoms with Gasteiger partial charge in [-0.3, -0.25) is 0 Å². The largest absolute Gasteiger partial charge is 0.494 e. The summed E-state index contributed by atoms with van der Waals surface area (Å²) in [7, 11) is 1.18. The Hall–Kier alpha value is -0.780. The predicted octanol–water partition coefficient (Wildman–Crippen LogP) is 3.62. The number of benzene rings is 1. The van der Waals surface area contributed by atoms with Crippen molar-refractivity contribution in [2.45, 2.75) is 6.18 Å². The van der Waals surface area contributed by atoms with E-state index in [0.717, 1.165) is 12.1 Å². The summed E-state index contributed by atoms with van der Waals surface area (Å²) in [4.78, 5) is 0. The standard InChI is InChI=1S/C8H5BrF4O/c1-14-5-3-2-4(8(11,12)13)6(9)7(5)10/h2-3H,1H3. The van der Waals surface area contributed by atoms with Crippen LogP contribution in [0.5, 0.6) is 5.75 Å². The highest BCUT2D eigenvalue weighted by molar-refractivity contribution is 9.10. The summed E-state index contributed by atoms with van der Waals surface area (Å²) in [5.41, 5.74) is -1.06. The molecule has 0 saturated heterocycles. The molecule has 78 valence electrons. The fraction of sp³-hybridized carbons (Fsp3) is 0.250. The van der Waals surface area contributed by atoms with Crippen LogP contribution in [0.4, 0.5) is 17.6 Å². The van der Waals surface area contributed by atoms with Crippen molar-refractivity contribution in [1.29, 1.82) is 0 Å². The molecule has 0 fully saturated rings. The quantitative estimate of drug-likeness (QED) is 0.710. The van der Waals surface area contributed by atoms with E-state index in [1.807, 2.05) is 0 Å². The number of alkyl halides is 3. The van der Waals surface area contributed by atoms with E-state index in [2.05, 4.69) is 20.7 Å². The Balaban J connectivity index is 3.31. The van der Waals surface area contributed by atoms with Crippen molar-refractivity contribution in [2.75, 3.05) is 7.11 Å². The van der Waals surface area contributed by atoms with Gasteiger partial charge in [-0.05, 0) is 28.1 Å². The third-order valence-corrected chi connectivity index (χ3v) is 2.35. The maximum Gasteiger partial charge on any atom is 0.417 e. The Morgan fingerprint density at radius 3 is 2.29 bits per heavy atom. The van der Waals surface area contributed by atoms with Gasteiger partial charge in [0.25, 0.3) is 0 Å². The molecule has 1 aromatic carbocycles. The van der Waals surface area contributed by atoms with Gasteiger partial charge in [0.2, 0.25) is 0 Å². The minimum atomic E-state index is -4.58. The fourth-order valence-electron chi connectivity index (χ4n) is 0.908. The monoisotopic (exact) mass is 272 g/mol. The van der Waals surface area contributed by atoms with E-state index in [1.165, 1.54) is 7.11 Å². The Kier molecular flexibility index (Phi) is 3.04. The molecular weight excluding hydrogens is 268 g/mol. The third kappa shape index (κ3) is 2.00. The van der Waals surface area contributed by atoms with Gasteiger partial charge in [0.05, 0.1) is 17.1 Å². The summed E-state index contributed by atoms with van der Waals surface area (Å²) in [6.07, 6.45) is -4.58. The predicted molar refractivity (Wildman–Crippen MR) is 45.7 cm³/mol. The lowest BCUT2D eigenvalue weighted by Crippen LogP contribution is -2.07. The number of halogens is 5. The number of hydrogen-bond donors (Lipinski definition) is 0.